The van der Waals surface area contributed by atoms with Crippen molar-refractivity contribution < 1.29 is 14.3 Å². The second-order valence-corrected chi connectivity index (χ2v) is 8.26. The fourth-order valence-electron chi connectivity index (χ4n) is 3.52. The number of hydrogen-bond donors (Lipinski definition) is 0. The molecule has 2 aliphatic rings. The number of carbonyl (C=O) groups is 2. The van der Waals surface area contributed by atoms with Gasteiger partial charge in [0.2, 0.25) is 5.91 Å². The third-order valence-corrected chi connectivity index (χ3v) is 4.93. The molecule has 23 heavy (non-hydrogen) atoms. The fourth-order valence-corrected chi connectivity index (χ4v) is 3.52. The highest BCUT2D eigenvalue weighted by atomic mass is 16.6. The molecule has 0 aromatic heterocycles. The van der Waals surface area contributed by atoms with Crippen molar-refractivity contribution in [3.05, 3.63) is 0 Å². The Labute approximate surface area is 140 Å². The summed E-state index contributed by atoms with van der Waals surface area (Å²) in [5.74, 6) is 1.22. The summed E-state index contributed by atoms with van der Waals surface area (Å²) in [6.45, 7) is 11.7. The van der Waals surface area contributed by atoms with Crippen LogP contribution < -0.4 is 0 Å². The topological polar surface area (TPSA) is 49.9 Å². The summed E-state index contributed by atoms with van der Waals surface area (Å²) in [5.41, 5.74) is -0.480. The number of amides is 2. The SMILES string of the molecule is C[C@@H]1CN(C(=O)OC(C)(C)C)CCN1C(=O)[C@H]1CC[C@@H](C)CC1. The molecule has 132 valence electrons. The van der Waals surface area contributed by atoms with E-state index in [0.29, 0.717) is 19.6 Å². The van der Waals surface area contributed by atoms with E-state index in [1.165, 1.54) is 0 Å². The van der Waals surface area contributed by atoms with Gasteiger partial charge in [0, 0.05) is 31.6 Å². The van der Waals surface area contributed by atoms with Crippen molar-refractivity contribution in [3.63, 3.8) is 0 Å². The van der Waals surface area contributed by atoms with Crippen LogP contribution in [-0.4, -0.2) is 53.1 Å². The number of carbonyl (C=O) groups excluding carboxylic acids is 2. The van der Waals surface area contributed by atoms with Gasteiger partial charge in [0.25, 0.3) is 0 Å². The molecule has 0 aromatic rings. The highest BCUT2D eigenvalue weighted by Crippen LogP contribution is 2.30. The summed E-state index contributed by atoms with van der Waals surface area (Å²) in [7, 11) is 0. The van der Waals surface area contributed by atoms with Gasteiger partial charge in [0.15, 0.2) is 0 Å². The van der Waals surface area contributed by atoms with E-state index in [2.05, 4.69) is 6.92 Å². The first-order chi connectivity index (χ1) is 10.7. The molecule has 0 spiro atoms. The van der Waals surface area contributed by atoms with E-state index in [4.69, 9.17) is 4.74 Å². The van der Waals surface area contributed by atoms with Crippen molar-refractivity contribution in [2.75, 3.05) is 19.6 Å². The molecule has 1 saturated heterocycles. The predicted molar refractivity (Wildman–Crippen MR) is 90.1 cm³/mol. The zero-order valence-electron chi connectivity index (χ0n) is 15.3. The summed E-state index contributed by atoms with van der Waals surface area (Å²) >= 11 is 0. The molecule has 1 heterocycles. The predicted octanol–water partition coefficient (Wildman–Crippen LogP) is 3.28. The molecule has 5 heteroatoms. The minimum Gasteiger partial charge on any atom is -0.444 e. The Balaban J connectivity index is 1.88. The van der Waals surface area contributed by atoms with Crippen molar-refractivity contribution in [2.45, 2.75) is 71.9 Å². The molecule has 1 saturated carbocycles. The zero-order valence-corrected chi connectivity index (χ0v) is 15.3. The van der Waals surface area contributed by atoms with Crippen LogP contribution in [0.3, 0.4) is 0 Å². The molecule has 0 bridgehead atoms. The van der Waals surface area contributed by atoms with Crippen LogP contribution in [0.15, 0.2) is 0 Å². The van der Waals surface area contributed by atoms with Gasteiger partial charge in [-0.2, -0.15) is 0 Å². The quantitative estimate of drug-likeness (QED) is 0.744. The van der Waals surface area contributed by atoms with Gasteiger partial charge in [0.1, 0.15) is 5.60 Å². The maximum Gasteiger partial charge on any atom is 0.410 e. The van der Waals surface area contributed by atoms with Gasteiger partial charge in [0.05, 0.1) is 0 Å². The molecule has 0 unspecified atom stereocenters. The van der Waals surface area contributed by atoms with Crippen LogP contribution in [0, 0.1) is 11.8 Å². The summed E-state index contributed by atoms with van der Waals surface area (Å²) in [5, 5.41) is 0. The molecule has 2 fully saturated rings. The number of rotatable bonds is 1. The van der Waals surface area contributed by atoms with Crippen LogP contribution in [0.5, 0.6) is 0 Å². The van der Waals surface area contributed by atoms with Crippen LogP contribution in [0.1, 0.15) is 60.3 Å². The Bertz CT molecular complexity index is 436. The van der Waals surface area contributed by atoms with E-state index >= 15 is 0 Å². The maximum atomic E-state index is 12.8. The average Bonchev–Trinajstić information content (AvgIpc) is 2.45. The van der Waals surface area contributed by atoms with E-state index in [0.717, 1.165) is 31.6 Å². The molecule has 5 nitrogen and oxygen atoms in total. The van der Waals surface area contributed by atoms with Crippen LogP contribution in [0.4, 0.5) is 4.79 Å². The molecular formula is C18H32N2O3. The van der Waals surface area contributed by atoms with Crippen molar-refractivity contribution in [1.29, 1.82) is 0 Å². The molecule has 1 aliphatic heterocycles. The second kappa shape index (κ2) is 7.10. The van der Waals surface area contributed by atoms with Gasteiger partial charge in [-0.15, -0.1) is 0 Å². The highest BCUT2D eigenvalue weighted by molar-refractivity contribution is 5.79. The van der Waals surface area contributed by atoms with Crippen molar-refractivity contribution in [1.82, 2.24) is 9.80 Å². The molecular weight excluding hydrogens is 292 g/mol. The van der Waals surface area contributed by atoms with Crippen molar-refractivity contribution in [3.8, 4) is 0 Å². The molecule has 0 N–H and O–H groups in total. The smallest absolute Gasteiger partial charge is 0.410 e. The molecule has 0 radical (unpaired) electrons. The normalized spacial score (nSPS) is 29.3. The van der Waals surface area contributed by atoms with E-state index in [9.17, 15) is 9.59 Å². The standard InChI is InChI=1S/C18H32N2O3/c1-13-6-8-15(9-7-13)16(21)20-11-10-19(12-14(20)2)17(22)23-18(3,4)5/h13-15H,6-12H2,1-5H3/t13-,14-,15+/m1/s1. The summed E-state index contributed by atoms with van der Waals surface area (Å²) < 4.78 is 5.43. The maximum absolute atomic E-state index is 12.8. The van der Waals surface area contributed by atoms with Crippen molar-refractivity contribution in [2.24, 2.45) is 11.8 Å². The zero-order chi connectivity index (χ0) is 17.2. The largest absolute Gasteiger partial charge is 0.444 e. The fraction of sp³-hybridized carbons (Fsp3) is 0.889. The van der Waals surface area contributed by atoms with Gasteiger partial charge in [-0.1, -0.05) is 6.92 Å². The van der Waals surface area contributed by atoms with Gasteiger partial charge < -0.3 is 14.5 Å². The molecule has 0 aromatic carbocycles. The average molecular weight is 324 g/mol. The first kappa shape index (κ1) is 18.1. The summed E-state index contributed by atoms with van der Waals surface area (Å²) in [4.78, 5) is 28.6. The van der Waals surface area contributed by atoms with Crippen LogP contribution >= 0.6 is 0 Å². The number of nitrogens with zero attached hydrogens (tertiary/aromatic N) is 2. The van der Waals surface area contributed by atoms with Gasteiger partial charge >= 0.3 is 6.09 Å². The number of hydrogen-bond acceptors (Lipinski definition) is 3. The summed E-state index contributed by atoms with van der Waals surface area (Å²) in [6, 6.07) is 0.0584. The molecule has 1 atom stereocenters. The summed E-state index contributed by atoms with van der Waals surface area (Å²) in [6.07, 6.45) is 4.06. The minimum absolute atomic E-state index is 0.0584. The number of piperazine rings is 1. The Morgan fingerprint density at radius 3 is 2.13 bits per heavy atom. The van der Waals surface area contributed by atoms with Gasteiger partial charge in [-0.05, 0) is 59.3 Å². The lowest BCUT2D eigenvalue weighted by Gasteiger charge is -2.42. The molecule has 1 aliphatic carbocycles. The van der Waals surface area contributed by atoms with E-state index in [1.807, 2.05) is 32.6 Å². The third-order valence-electron chi connectivity index (χ3n) is 4.93. The number of ether oxygens (including phenoxy) is 1. The Hall–Kier alpha value is -1.26. The van der Waals surface area contributed by atoms with Crippen LogP contribution in [0.2, 0.25) is 0 Å². The lowest BCUT2D eigenvalue weighted by atomic mass is 9.82. The first-order valence-corrected chi connectivity index (χ1v) is 8.96. The van der Waals surface area contributed by atoms with Gasteiger partial charge in [-0.25, -0.2) is 4.79 Å². The monoisotopic (exact) mass is 324 g/mol. The van der Waals surface area contributed by atoms with E-state index in [-0.39, 0.29) is 24.0 Å². The molecule has 2 amide bonds. The lowest BCUT2D eigenvalue weighted by Crippen LogP contribution is -2.57. The van der Waals surface area contributed by atoms with Gasteiger partial charge in [-0.3, -0.25) is 4.79 Å². The van der Waals surface area contributed by atoms with E-state index in [1.54, 1.807) is 4.90 Å². The third kappa shape index (κ3) is 4.85. The van der Waals surface area contributed by atoms with Crippen LogP contribution in [0.25, 0.3) is 0 Å². The lowest BCUT2D eigenvalue weighted by molar-refractivity contribution is -0.141. The Morgan fingerprint density at radius 1 is 1.00 bits per heavy atom. The second-order valence-electron chi connectivity index (χ2n) is 8.26. The minimum atomic E-state index is -0.480. The Morgan fingerprint density at radius 2 is 1.61 bits per heavy atom. The Kier molecular flexibility index (Phi) is 5.58. The first-order valence-electron chi connectivity index (χ1n) is 8.96. The highest BCUT2D eigenvalue weighted by Gasteiger charge is 2.35. The van der Waals surface area contributed by atoms with E-state index < -0.39 is 5.60 Å². The van der Waals surface area contributed by atoms with Crippen LogP contribution in [-0.2, 0) is 9.53 Å². The molecule has 2 rings (SSSR count). The van der Waals surface area contributed by atoms with Crippen molar-refractivity contribution >= 4 is 12.0 Å².